The van der Waals surface area contributed by atoms with Gasteiger partial charge in [0.15, 0.2) is 0 Å². The van der Waals surface area contributed by atoms with Crippen LogP contribution in [-0.2, 0) is 4.74 Å². The Morgan fingerprint density at radius 3 is 2.61 bits per heavy atom. The van der Waals surface area contributed by atoms with Crippen LogP contribution in [0.5, 0.6) is 0 Å². The fourth-order valence-electron chi connectivity index (χ4n) is 4.81. The van der Waals surface area contributed by atoms with E-state index >= 15 is 0 Å². The van der Waals surface area contributed by atoms with Crippen molar-refractivity contribution in [3.63, 3.8) is 0 Å². The molecule has 31 heavy (non-hydrogen) atoms. The topological polar surface area (TPSA) is 51.2 Å². The number of hydrogen-bond donors (Lipinski definition) is 1. The number of rotatable bonds is 6. The molecule has 162 valence electrons. The van der Waals surface area contributed by atoms with Gasteiger partial charge in [-0.25, -0.2) is 4.79 Å². The number of ether oxygens (including phenoxy) is 1. The number of nitrogens with one attached hydrogen (secondary N) is 1. The highest BCUT2D eigenvalue weighted by atomic mass is 35.5. The molecule has 0 spiro atoms. The molecule has 1 aromatic heterocycles. The number of aromatic nitrogens is 1. The molecule has 0 unspecified atom stereocenters. The van der Waals surface area contributed by atoms with Crippen LogP contribution in [0.2, 0.25) is 5.02 Å². The van der Waals surface area contributed by atoms with E-state index in [1.165, 1.54) is 0 Å². The van der Waals surface area contributed by atoms with Crippen LogP contribution in [-0.4, -0.2) is 23.5 Å². The highest BCUT2D eigenvalue weighted by Crippen LogP contribution is 2.37. The summed E-state index contributed by atoms with van der Waals surface area (Å²) < 4.78 is 6.20. The van der Waals surface area contributed by atoms with Crippen LogP contribution in [0.15, 0.2) is 60.8 Å². The summed E-state index contributed by atoms with van der Waals surface area (Å²) in [4.78, 5) is 17.6. The van der Waals surface area contributed by atoms with Crippen LogP contribution < -0.4 is 5.32 Å². The molecule has 1 fully saturated rings. The Kier molecular flexibility index (Phi) is 6.89. The molecule has 1 saturated heterocycles. The van der Waals surface area contributed by atoms with E-state index in [1.807, 2.05) is 36.4 Å². The minimum absolute atomic E-state index is 0.0324. The normalized spacial score (nSPS) is 22.2. The number of fused-ring (bicyclic) bond motifs is 1. The Hall–Kier alpha value is -2.43. The van der Waals surface area contributed by atoms with Gasteiger partial charge in [-0.2, -0.15) is 0 Å². The van der Waals surface area contributed by atoms with Crippen molar-refractivity contribution in [2.24, 2.45) is 11.8 Å². The quantitative estimate of drug-likeness (QED) is 0.467. The number of para-hydroxylation sites is 1. The van der Waals surface area contributed by atoms with Gasteiger partial charge in [0.05, 0.1) is 16.1 Å². The van der Waals surface area contributed by atoms with Crippen LogP contribution >= 0.6 is 11.6 Å². The molecular weight excluding hydrogens is 408 g/mol. The Balaban J connectivity index is 1.72. The number of halogens is 1. The molecule has 0 saturated carbocycles. The third kappa shape index (κ3) is 4.60. The number of pyridine rings is 1. The van der Waals surface area contributed by atoms with E-state index in [9.17, 15) is 4.79 Å². The zero-order valence-electron chi connectivity index (χ0n) is 18.1. The summed E-state index contributed by atoms with van der Waals surface area (Å²) in [5, 5.41) is 5.10. The van der Waals surface area contributed by atoms with E-state index in [2.05, 4.69) is 24.1 Å². The Labute approximate surface area is 189 Å². The van der Waals surface area contributed by atoms with Crippen molar-refractivity contribution < 1.29 is 9.53 Å². The first kappa shape index (κ1) is 21.8. The van der Waals surface area contributed by atoms with Gasteiger partial charge in [0, 0.05) is 23.2 Å². The van der Waals surface area contributed by atoms with Gasteiger partial charge < -0.3 is 10.1 Å². The third-order valence-corrected chi connectivity index (χ3v) is 6.93. The van der Waals surface area contributed by atoms with Gasteiger partial charge in [-0.05, 0) is 49.1 Å². The lowest BCUT2D eigenvalue weighted by molar-refractivity contribution is 0.00936. The van der Waals surface area contributed by atoms with Crippen molar-refractivity contribution in [3.05, 3.63) is 76.9 Å². The first-order valence-electron chi connectivity index (χ1n) is 11.1. The molecule has 0 bridgehead atoms. The van der Waals surface area contributed by atoms with E-state index in [1.54, 1.807) is 24.4 Å². The number of benzene rings is 2. The highest BCUT2D eigenvalue weighted by molar-refractivity contribution is 6.33. The number of esters is 1. The molecule has 4 atom stereocenters. The van der Waals surface area contributed by atoms with Crippen molar-refractivity contribution >= 4 is 28.5 Å². The lowest BCUT2D eigenvalue weighted by Gasteiger charge is -2.39. The minimum Gasteiger partial charge on any atom is -0.452 e. The average Bonchev–Trinajstić information content (AvgIpc) is 2.82. The van der Waals surface area contributed by atoms with Gasteiger partial charge in [0.1, 0.15) is 6.10 Å². The molecular formula is C26H29ClN2O2. The monoisotopic (exact) mass is 436 g/mol. The molecule has 3 aromatic rings. The number of nitrogens with zero attached hydrogens (tertiary/aromatic N) is 1. The average molecular weight is 437 g/mol. The van der Waals surface area contributed by atoms with Crippen LogP contribution in [0.25, 0.3) is 10.9 Å². The van der Waals surface area contributed by atoms with Crippen LogP contribution in [0.3, 0.4) is 0 Å². The van der Waals surface area contributed by atoms with E-state index in [0.717, 1.165) is 42.3 Å². The maximum atomic E-state index is 13.1. The SMILES string of the molecule is CC[C@H]1CN[C@H]([C@@H](OC(=O)c2ccccc2Cl)c2ccnc3ccccc23)C[C@@H]1CC. The van der Waals surface area contributed by atoms with Crippen molar-refractivity contribution in [1.82, 2.24) is 10.3 Å². The molecule has 4 nitrogen and oxygen atoms in total. The second-order valence-electron chi connectivity index (χ2n) is 8.31. The summed E-state index contributed by atoms with van der Waals surface area (Å²) in [5.74, 6) is 0.852. The van der Waals surface area contributed by atoms with Crippen LogP contribution in [0.4, 0.5) is 0 Å². The van der Waals surface area contributed by atoms with Crippen molar-refractivity contribution in [3.8, 4) is 0 Å². The first-order valence-corrected chi connectivity index (χ1v) is 11.5. The lowest BCUT2D eigenvalue weighted by Crippen LogP contribution is -2.47. The molecule has 1 aliphatic rings. The smallest absolute Gasteiger partial charge is 0.340 e. The zero-order valence-corrected chi connectivity index (χ0v) is 18.8. The van der Waals surface area contributed by atoms with Crippen molar-refractivity contribution in [1.29, 1.82) is 0 Å². The molecule has 0 amide bonds. The predicted molar refractivity (Wildman–Crippen MR) is 125 cm³/mol. The lowest BCUT2D eigenvalue weighted by atomic mass is 9.77. The second-order valence-corrected chi connectivity index (χ2v) is 8.72. The fraction of sp³-hybridized carbons (Fsp3) is 0.385. The molecule has 0 radical (unpaired) electrons. The Bertz CT molecular complexity index is 1050. The number of carbonyl (C=O) groups is 1. The van der Waals surface area contributed by atoms with Gasteiger partial charge in [-0.15, -0.1) is 0 Å². The number of hydrogen-bond acceptors (Lipinski definition) is 4. The first-order chi connectivity index (χ1) is 15.1. The maximum Gasteiger partial charge on any atom is 0.340 e. The predicted octanol–water partition coefficient (Wildman–Crippen LogP) is 6.20. The highest BCUT2D eigenvalue weighted by Gasteiger charge is 2.36. The van der Waals surface area contributed by atoms with Crippen LogP contribution in [0.1, 0.15) is 55.1 Å². The number of piperidine rings is 1. The Morgan fingerprint density at radius 2 is 1.84 bits per heavy atom. The summed E-state index contributed by atoms with van der Waals surface area (Å²) in [5.41, 5.74) is 2.27. The zero-order chi connectivity index (χ0) is 21.8. The summed E-state index contributed by atoms with van der Waals surface area (Å²) in [6, 6.07) is 17.1. The standard InChI is InChI=1S/C26H29ClN2O2/c1-3-17-15-24(29-16-18(17)4-2)25(31-26(30)21-10-5-7-11-22(21)27)20-13-14-28-23-12-8-6-9-19(20)23/h5-14,17-18,24-25,29H,3-4,15-16H2,1-2H3/t17-,18-,24-,25-/m0/s1. The van der Waals surface area contributed by atoms with E-state index in [4.69, 9.17) is 16.3 Å². The van der Waals surface area contributed by atoms with Crippen LogP contribution in [0, 0.1) is 11.8 Å². The molecule has 2 aromatic carbocycles. The molecule has 2 heterocycles. The second kappa shape index (κ2) is 9.80. The fourth-order valence-corrected chi connectivity index (χ4v) is 5.03. The molecule has 0 aliphatic carbocycles. The van der Waals surface area contributed by atoms with Crippen molar-refractivity contribution in [2.45, 2.75) is 45.3 Å². The molecule has 1 aliphatic heterocycles. The minimum atomic E-state index is -0.427. The largest absolute Gasteiger partial charge is 0.452 e. The summed E-state index contributed by atoms with van der Waals surface area (Å²) >= 11 is 6.29. The van der Waals surface area contributed by atoms with E-state index < -0.39 is 12.1 Å². The molecule has 4 rings (SSSR count). The van der Waals surface area contributed by atoms with Gasteiger partial charge >= 0.3 is 5.97 Å². The van der Waals surface area contributed by atoms with Gasteiger partial charge in [-0.3, -0.25) is 4.98 Å². The van der Waals surface area contributed by atoms with Gasteiger partial charge in [-0.1, -0.05) is 68.6 Å². The Morgan fingerprint density at radius 1 is 1.10 bits per heavy atom. The van der Waals surface area contributed by atoms with E-state index in [0.29, 0.717) is 22.4 Å². The maximum absolute atomic E-state index is 13.1. The summed E-state index contributed by atoms with van der Waals surface area (Å²) in [6.07, 6.45) is 4.61. The number of carbonyl (C=O) groups excluding carboxylic acids is 1. The summed E-state index contributed by atoms with van der Waals surface area (Å²) in [7, 11) is 0. The summed E-state index contributed by atoms with van der Waals surface area (Å²) in [6.45, 7) is 5.44. The van der Waals surface area contributed by atoms with Crippen molar-refractivity contribution in [2.75, 3.05) is 6.54 Å². The van der Waals surface area contributed by atoms with Gasteiger partial charge in [0.25, 0.3) is 0 Å². The van der Waals surface area contributed by atoms with E-state index in [-0.39, 0.29) is 6.04 Å². The third-order valence-electron chi connectivity index (χ3n) is 6.60. The molecule has 5 heteroatoms. The molecule has 1 N–H and O–H groups in total. The van der Waals surface area contributed by atoms with Gasteiger partial charge in [0.2, 0.25) is 0 Å².